The Morgan fingerprint density at radius 2 is 1.78 bits per heavy atom. The summed E-state index contributed by atoms with van der Waals surface area (Å²) in [5.41, 5.74) is 0.809. The molecule has 3 aromatic rings. The van der Waals surface area contributed by atoms with Crippen LogP contribution in [0.2, 0.25) is 0 Å². The van der Waals surface area contributed by atoms with Crippen LogP contribution in [-0.2, 0) is 6.42 Å². The molecule has 0 spiro atoms. The van der Waals surface area contributed by atoms with Crippen molar-refractivity contribution in [1.82, 2.24) is 0 Å². The predicted octanol–water partition coefficient (Wildman–Crippen LogP) is 2.86. The minimum absolute atomic E-state index is 0.165. The van der Waals surface area contributed by atoms with E-state index in [0.717, 1.165) is 6.07 Å². The first-order chi connectivity index (χ1) is 10.9. The zero-order chi connectivity index (χ0) is 16.7. The molecule has 6 nitrogen and oxygen atoms in total. The van der Waals surface area contributed by atoms with Crippen molar-refractivity contribution in [2.75, 3.05) is 0 Å². The molecule has 23 heavy (non-hydrogen) atoms. The molecule has 0 saturated carbocycles. The molecule has 0 atom stereocenters. The molecule has 0 amide bonds. The Hall–Kier alpha value is -2.89. The Balaban J connectivity index is 2.59. The maximum atomic E-state index is 12.3. The van der Waals surface area contributed by atoms with Crippen molar-refractivity contribution >= 4 is 27.9 Å². The molecule has 0 aliphatic rings. The monoisotopic (exact) mass is 314 g/mol. The van der Waals surface area contributed by atoms with Crippen molar-refractivity contribution in [2.45, 2.75) is 26.7 Å². The van der Waals surface area contributed by atoms with Crippen LogP contribution < -0.4 is 11.1 Å². The van der Waals surface area contributed by atoms with Gasteiger partial charge in [-0.25, -0.2) is 9.59 Å². The number of aryl methyl sites for hydroxylation is 2. The van der Waals surface area contributed by atoms with Crippen molar-refractivity contribution in [3.8, 4) is 0 Å². The summed E-state index contributed by atoms with van der Waals surface area (Å²) in [6.07, 6.45) is 1.21. The van der Waals surface area contributed by atoms with Gasteiger partial charge in [-0.3, -0.25) is 4.79 Å². The van der Waals surface area contributed by atoms with E-state index in [9.17, 15) is 14.4 Å². The van der Waals surface area contributed by atoms with E-state index in [1.54, 1.807) is 13.0 Å². The van der Waals surface area contributed by atoms with E-state index in [4.69, 9.17) is 13.9 Å². The Labute approximate surface area is 130 Å². The second-order valence-corrected chi connectivity index (χ2v) is 5.39. The number of hydrogen-bond donors (Lipinski definition) is 1. The van der Waals surface area contributed by atoms with Crippen LogP contribution >= 0.6 is 0 Å². The molecule has 3 rings (SSSR count). The van der Waals surface area contributed by atoms with Gasteiger partial charge in [0, 0.05) is 23.1 Å². The maximum Gasteiger partial charge on any atom is 0.371 e. The molecule has 0 bridgehead atoms. The molecular weight excluding hydrogens is 300 g/mol. The molecule has 1 N–H and O–H groups in total. The summed E-state index contributed by atoms with van der Waals surface area (Å²) in [4.78, 5) is 35.1. The van der Waals surface area contributed by atoms with Crippen LogP contribution in [0.4, 0.5) is 0 Å². The Morgan fingerprint density at radius 1 is 1.09 bits per heavy atom. The van der Waals surface area contributed by atoms with Gasteiger partial charge in [-0.1, -0.05) is 13.3 Å². The third-order valence-corrected chi connectivity index (χ3v) is 3.74. The number of carboxylic acid groups (broad SMARTS) is 1. The molecule has 0 saturated heterocycles. The van der Waals surface area contributed by atoms with E-state index in [2.05, 4.69) is 0 Å². The molecule has 0 radical (unpaired) electrons. The summed E-state index contributed by atoms with van der Waals surface area (Å²) in [5, 5.41) is 10.0. The second-order valence-electron chi connectivity index (χ2n) is 5.39. The van der Waals surface area contributed by atoms with Gasteiger partial charge >= 0.3 is 11.6 Å². The highest BCUT2D eigenvalue weighted by molar-refractivity contribution is 5.99. The summed E-state index contributed by atoms with van der Waals surface area (Å²) in [5.74, 6) is -1.76. The molecule has 0 unspecified atom stereocenters. The first kappa shape index (κ1) is 15.0. The van der Waals surface area contributed by atoms with E-state index >= 15 is 0 Å². The summed E-state index contributed by atoms with van der Waals surface area (Å²) in [6.45, 7) is 3.69. The largest absolute Gasteiger partial charge is 0.475 e. The zero-order valence-corrected chi connectivity index (χ0v) is 12.6. The Kier molecular flexibility index (Phi) is 3.52. The molecule has 0 fully saturated rings. The van der Waals surface area contributed by atoms with Crippen LogP contribution in [0.5, 0.6) is 0 Å². The van der Waals surface area contributed by atoms with Crippen molar-refractivity contribution in [1.29, 1.82) is 0 Å². The van der Waals surface area contributed by atoms with Gasteiger partial charge in [0.15, 0.2) is 5.43 Å². The highest BCUT2D eigenvalue weighted by Gasteiger charge is 2.18. The lowest BCUT2D eigenvalue weighted by molar-refractivity contribution is 0.0663. The fourth-order valence-electron chi connectivity index (χ4n) is 2.72. The summed E-state index contributed by atoms with van der Waals surface area (Å²) in [6, 6.07) is 3.90. The summed E-state index contributed by atoms with van der Waals surface area (Å²) >= 11 is 0. The van der Waals surface area contributed by atoms with Crippen LogP contribution in [0.25, 0.3) is 21.9 Å². The van der Waals surface area contributed by atoms with Gasteiger partial charge in [-0.2, -0.15) is 0 Å². The van der Waals surface area contributed by atoms with Gasteiger partial charge in [0.2, 0.25) is 5.76 Å². The molecule has 0 aliphatic carbocycles. The van der Waals surface area contributed by atoms with E-state index in [0.29, 0.717) is 34.9 Å². The third-order valence-electron chi connectivity index (χ3n) is 3.74. The van der Waals surface area contributed by atoms with Gasteiger partial charge in [0.05, 0.1) is 5.39 Å². The van der Waals surface area contributed by atoms with E-state index in [1.165, 1.54) is 6.07 Å². The summed E-state index contributed by atoms with van der Waals surface area (Å²) < 4.78 is 10.7. The Morgan fingerprint density at radius 3 is 2.43 bits per heavy atom. The fraction of sp³-hybridized carbons (Fsp3) is 0.235. The number of carbonyl (C=O) groups is 1. The normalized spacial score (nSPS) is 11.2. The quantitative estimate of drug-likeness (QED) is 0.589. The van der Waals surface area contributed by atoms with Gasteiger partial charge in [0.1, 0.15) is 11.2 Å². The van der Waals surface area contributed by atoms with E-state index < -0.39 is 22.8 Å². The SMILES string of the molecule is CCCc1c2oc(=O)cc(C)c2cc2c(=O)cc(C(=O)O)oc12. The minimum Gasteiger partial charge on any atom is -0.475 e. The van der Waals surface area contributed by atoms with E-state index in [-0.39, 0.29) is 11.0 Å². The van der Waals surface area contributed by atoms with Gasteiger partial charge in [-0.15, -0.1) is 0 Å². The smallest absolute Gasteiger partial charge is 0.371 e. The predicted molar refractivity (Wildman–Crippen MR) is 84.2 cm³/mol. The van der Waals surface area contributed by atoms with Crippen LogP contribution in [-0.4, -0.2) is 11.1 Å². The third kappa shape index (κ3) is 2.42. The molecule has 118 valence electrons. The molecule has 2 aromatic heterocycles. The van der Waals surface area contributed by atoms with Crippen LogP contribution in [0, 0.1) is 6.92 Å². The first-order valence-corrected chi connectivity index (χ1v) is 7.20. The lowest BCUT2D eigenvalue weighted by atomic mass is 10.00. The van der Waals surface area contributed by atoms with Gasteiger partial charge in [-0.05, 0) is 25.0 Å². The zero-order valence-electron chi connectivity index (χ0n) is 12.6. The average molecular weight is 314 g/mol. The highest BCUT2D eigenvalue weighted by atomic mass is 16.4. The topological polar surface area (TPSA) is 97.7 Å². The number of hydrogen-bond acceptors (Lipinski definition) is 5. The molecule has 1 aromatic carbocycles. The number of rotatable bonds is 3. The summed E-state index contributed by atoms with van der Waals surface area (Å²) in [7, 11) is 0. The van der Waals surface area contributed by atoms with Crippen molar-refractivity contribution in [2.24, 2.45) is 0 Å². The maximum absolute atomic E-state index is 12.3. The number of carboxylic acids is 1. The second kappa shape index (κ2) is 5.39. The van der Waals surface area contributed by atoms with E-state index in [1.807, 2.05) is 6.92 Å². The average Bonchev–Trinajstić information content (AvgIpc) is 2.48. The molecule has 6 heteroatoms. The number of aromatic carboxylic acids is 1. The lowest BCUT2D eigenvalue weighted by Gasteiger charge is -2.10. The number of benzene rings is 1. The van der Waals surface area contributed by atoms with Crippen LogP contribution in [0.1, 0.15) is 35.0 Å². The highest BCUT2D eigenvalue weighted by Crippen LogP contribution is 2.29. The number of fused-ring (bicyclic) bond motifs is 2. The van der Waals surface area contributed by atoms with Crippen LogP contribution in [0.15, 0.2) is 36.6 Å². The molecule has 0 aliphatic heterocycles. The van der Waals surface area contributed by atoms with Crippen LogP contribution in [0.3, 0.4) is 0 Å². The Bertz CT molecular complexity index is 1050. The fourth-order valence-corrected chi connectivity index (χ4v) is 2.72. The first-order valence-electron chi connectivity index (χ1n) is 7.20. The van der Waals surface area contributed by atoms with Crippen molar-refractivity contribution in [3.05, 3.63) is 55.7 Å². The van der Waals surface area contributed by atoms with Crippen molar-refractivity contribution in [3.63, 3.8) is 0 Å². The van der Waals surface area contributed by atoms with Gasteiger partial charge < -0.3 is 13.9 Å². The standard InChI is InChI=1S/C17H14O6/c1-3-4-9-15-10(8(2)5-14(19)23-15)6-11-12(18)7-13(17(20)21)22-16(9)11/h5-7H,3-4H2,1-2H3,(H,20,21). The van der Waals surface area contributed by atoms with Crippen molar-refractivity contribution < 1.29 is 18.7 Å². The lowest BCUT2D eigenvalue weighted by Crippen LogP contribution is -2.09. The van der Waals surface area contributed by atoms with Gasteiger partial charge in [0.25, 0.3) is 0 Å². The minimum atomic E-state index is -1.32. The molecule has 2 heterocycles. The molecular formula is C17H14O6.